The molecule has 1 aliphatic heterocycles. The van der Waals surface area contributed by atoms with E-state index in [0.717, 1.165) is 39.1 Å². The van der Waals surface area contributed by atoms with Crippen LogP contribution in [-0.4, -0.2) is 48.8 Å². The summed E-state index contributed by atoms with van der Waals surface area (Å²) in [5.74, 6) is 0.396. The van der Waals surface area contributed by atoms with Gasteiger partial charge in [0.2, 0.25) is 0 Å². The molecule has 1 heterocycles. The van der Waals surface area contributed by atoms with E-state index in [1.807, 2.05) is 0 Å². The topological polar surface area (TPSA) is 26.7 Å². The van der Waals surface area contributed by atoms with E-state index in [9.17, 15) is 5.11 Å². The zero-order chi connectivity index (χ0) is 13.7. The Balaban J connectivity index is 1.80. The lowest BCUT2D eigenvalue weighted by Gasteiger charge is -2.37. The summed E-state index contributed by atoms with van der Waals surface area (Å²) in [6.07, 6.45) is 0.860. The van der Waals surface area contributed by atoms with Gasteiger partial charge in [0, 0.05) is 38.4 Å². The molecule has 1 aromatic rings. The second kappa shape index (κ2) is 6.92. The van der Waals surface area contributed by atoms with E-state index < -0.39 is 0 Å². The molecule has 19 heavy (non-hydrogen) atoms. The van der Waals surface area contributed by atoms with Crippen LogP contribution in [0.2, 0.25) is 0 Å². The number of anilines is 1. The van der Waals surface area contributed by atoms with Crippen molar-refractivity contribution in [3.8, 4) is 0 Å². The number of nitrogens with zero attached hydrogens (tertiary/aromatic N) is 2. The first-order chi connectivity index (χ1) is 9.20. The highest BCUT2D eigenvalue weighted by Gasteiger charge is 2.21. The maximum Gasteiger partial charge on any atom is 0.0692 e. The molecule has 3 nitrogen and oxygen atoms in total. The van der Waals surface area contributed by atoms with Crippen molar-refractivity contribution >= 4 is 5.69 Å². The van der Waals surface area contributed by atoms with Crippen molar-refractivity contribution in [2.75, 3.05) is 37.6 Å². The van der Waals surface area contributed by atoms with E-state index in [1.165, 1.54) is 5.69 Å². The minimum atomic E-state index is -0.187. The second-order valence-corrected chi connectivity index (χ2v) is 5.58. The Labute approximate surface area is 116 Å². The number of aliphatic hydroxyl groups excluding tert-OH is 1. The van der Waals surface area contributed by atoms with Crippen molar-refractivity contribution < 1.29 is 5.11 Å². The quantitative estimate of drug-likeness (QED) is 0.881. The van der Waals surface area contributed by atoms with Gasteiger partial charge < -0.3 is 10.0 Å². The molecule has 2 rings (SSSR count). The summed E-state index contributed by atoms with van der Waals surface area (Å²) in [6, 6.07) is 10.6. The Hall–Kier alpha value is -1.06. The van der Waals surface area contributed by atoms with Gasteiger partial charge in [0.15, 0.2) is 0 Å². The fourth-order valence-corrected chi connectivity index (χ4v) is 2.54. The molecule has 0 radical (unpaired) electrons. The first kappa shape index (κ1) is 14.4. The standard InChI is InChI=1S/C16H26N2O/c1-3-14(2)16(19)13-17-9-11-18(12-10-17)15-7-5-4-6-8-15/h4-8,14,16,19H,3,9-13H2,1-2H3. The number of aliphatic hydroxyl groups is 1. The summed E-state index contributed by atoms with van der Waals surface area (Å²) in [5.41, 5.74) is 1.31. The van der Waals surface area contributed by atoms with Crippen LogP contribution < -0.4 is 4.90 Å². The van der Waals surface area contributed by atoms with Crippen molar-refractivity contribution in [1.82, 2.24) is 4.90 Å². The number of benzene rings is 1. The van der Waals surface area contributed by atoms with Gasteiger partial charge in [0.05, 0.1) is 6.10 Å². The Morgan fingerprint density at radius 1 is 1.11 bits per heavy atom. The predicted molar refractivity (Wildman–Crippen MR) is 80.6 cm³/mol. The third-order valence-corrected chi connectivity index (χ3v) is 4.24. The second-order valence-electron chi connectivity index (χ2n) is 5.58. The van der Waals surface area contributed by atoms with E-state index in [1.54, 1.807) is 0 Å². The minimum absolute atomic E-state index is 0.187. The molecule has 0 amide bonds. The van der Waals surface area contributed by atoms with Crippen LogP contribution in [0.3, 0.4) is 0 Å². The lowest BCUT2D eigenvalue weighted by molar-refractivity contribution is 0.0663. The fourth-order valence-electron chi connectivity index (χ4n) is 2.54. The highest BCUT2D eigenvalue weighted by molar-refractivity contribution is 5.46. The van der Waals surface area contributed by atoms with Crippen LogP contribution in [0.4, 0.5) is 5.69 Å². The van der Waals surface area contributed by atoms with Crippen LogP contribution in [0.25, 0.3) is 0 Å². The van der Waals surface area contributed by atoms with Gasteiger partial charge in [-0.05, 0) is 18.1 Å². The van der Waals surface area contributed by atoms with Crippen LogP contribution in [0.5, 0.6) is 0 Å². The van der Waals surface area contributed by atoms with Crippen molar-refractivity contribution in [1.29, 1.82) is 0 Å². The monoisotopic (exact) mass is 262 g/mol. The molecule has 1 aliphatic rings. The first-order valence-corrected chi connectivity index (χ1v) is 7.41. The first-order valence-electron chi connectivity index (χ1n) is 7.41. The number of para-hydroxylation sites is 1. The predicted octanol–water partition coefficient (Wildman–Crippen LogP) is 2.22. The molecule has 2 atom stereocenters. The number of hydrogen-bond acceptors (Lipinski definition) is 3. The van der Waals surface area contributed by atoms with Gasteiger partial charge in [0.1, 0.15) is 0 Å². The number of piperazine rings is 1. The number of hydrogen-bond donors (Lipinski definition) is 1. The molecule has 0 spiro atoms. The van der Waals surface area contributed by atoms with Gasteiger partial charge in [-0.15, -0.1) is 0 Å². The third kappa shape index (κ3) is 3.95. The molecule has 0 aromatic heterocycles. The van der Waals surface area contributed by atoms with Gasteiger partial charge in [-0.2, -0.15) is 0 Å². The van der Waals surface area contributed by atoms with Crippen LogP contribution in [0.1, 0.15) is 20.3 Å². The van der Waals surface area contributed by atoms with Crippen LogP contribution in [0.15, 0.2) is 30.3 Å². The fraction of sp³-hybridized carbons (Fsp3) is 0.625. The van der Waals surface area contributed by atoms with E-state index in [-0.39, 0.29) is 6.10 Å². The summed E-state index contributed by atoms with van der Waals surface area (Å²) in [4.78, 5) is 4.81. The molecule has 0 bridgehead atoms. The number of β-amino-alcohol motifs (C(OH)–C–C–N with tert-alkyl or cyclic N) is 1. The summed E-state index contributed by atoms with van der Waals surface area (Å²) in [6.45, 7) is 9.28. The minimum Gasteiger partial charge on any atom is -0.392 e. The Kier molecular flexibility index (Phi) is 5.23. The normalized spacial score (nSPS) is 20.3. The summed E-state index contributed by atoms with van der Waals surface area (Å²) in [7, 11) is 0. The average molecular weight is 262 g/mol. The summed E-state index contributed by atoms with van der Waals surface area (Å²) >= 11 is 0. The van der Waals surface area contributed by atoms with E-state index >= 15 is 0 Å². The average Bonchev–Trinajstić information content (AvgIpc) is 2.48. The molecular weight excluding hydrogens is 236 g/mol. The van der Waals surface area contributed by atoms with Crippen molar-refractivity contribution in [2.45, 2.75) is 26.4 Å². The third-order valence-electron chi connectivity index (χ3n) is 4.24. The zero-order valence-corrected chi connectivity index (χ0v) is 12.1. The highest BCUT2D eigenvalue weighted by Crippen LogP contribution is 2.16. The zero-order valence-electron chi connectivity index (χ0n) is 12.1. The van der Waals surface area contributed by atoms with Gasteiger partial charge >= 0.3 is 0 Å². The Morgan fingerprint density at radius 3 is 2.32 bits per heavy atom. The SMILES string of the molecule is CCC(C)C(O)CN1CCN(c2ccccc2)CC1. The molecule has 2 unspecified atom stereocenters. The molecule has 3 heteroatoms. The molecule has 1 saturated heterocycles. The molecule has 1 fully saturated rings. The van der Waals surface area contributed by atoms with Crippen molar-refractivity contribution in [3.63, 3.8) is 0 Å². The maximum atomic E-state index is 10.1. The lowest BCUT2D eigenvalue weighted by atomic mass is 10.0. The van der Waals surface area contributed by atoms with Gasteiger partial charge in [-0.25, -0.2) is 0 Å². The van der Waals surface area contributed by atoms with E-state index in [2.05, 4.69) is 54.0 Å². The molecule has 0 saturated carbocycles. The van der Waals surface area contributed by atoms with E-state index in [4.69, 9.17) is 0 Å². The molecular formula is C16H26N2O. The Bertz CT molecular complexity index is 360. The van der Waals surface area contributed by atoms with Gasteiger partial charge in [-0.1, -0.05) is 38.5 Å². The molecule has 106 valence electrons. The number of rotatable bonds is 5. The summed E-state index contributed by atoms with van der Waals surface area (Å²) < 4.78 is 0. The van der Waals surface area contributed by atoms with Crippen molar-refractivity contribution in [3.05, 3.63) is 30.3 Å². The lowest BCUT2D eigenvalue weighted by Crippen LogP contribution is -2.49. The van der Waals surface area contributed by atoms with Gasteiger partial charge in [-0.3, -0.25) is 4.90 Å². The largest absolute Gasteiger partial charge is 0.392 e. The van der Waals surface area contributed by atoms with Gasteiger partial charge in [0.25, 0.3) is 0 Å². The summed E-state index contributed by atoms with van der Waals surface area (Å²) in [5, 5.41) is 10.1. The van der Waals surface area contributed by atoms with E-state index in [0.29, 0.717) is 5.92 Å². The molecule has 0 aliphatic carbocycles. The molecule has 1 aromatic carbocycles. The Morgan fingerprint density at radius 2 is 1.74 bits per heavy atom. The van der Waals surface area contributed by atoms with Crippen LogP contribution in [0, 0.1) is 5.92 Å². The smallest absolute Gasteiger partial charge is 0.0692 e. The van der Waals surface area contributed by atoms with Crippen molar-refractivity contribution in [2.24, 2.45) is 5.92 Å². The maximum absolute atomic E-state index is 10.1. The highest BCUT2D eigenvalue weighted by atomic mass is 16.3. The van der Waals surface area contributed by atoms with Crippen LogP contribution in [-0.2, 0) is 0 Å². The van der Waals surface area contributed by atoms with Crippen LogP contribution >= 0.6 is 0 Å². The molecule has 1 N–H and O–H groups in total.